The van der Waals surface area contributed by atoms with Gasteiger partial charge in [0.1, 0.15) is 0 Å². The van der Waals surface area contributed by atoms with Crippen LogP contribution in [0, 0.1) is 0 Å². The number of aromatic nitrogens is 1. The Balaban J connectivity index is 1.64. The second-order valence-corrected chi connectivity index (χ2v) is 7.57. The van der Waals surface area contributed by atoms with Gasteiger partial charge in [-0.15, -0.1) is 0 Å². The predicted octanol–water partition coefficient (Wildman–Crippen LogP) is 6.30. The molecule has 136 valence electrons. The molecule has 1 heterocycles. The molecule has 8 rings (SSSR count). The molecule has 28 heavy (non-hydrogen) atoms. The number of hydrogen-bond acceptors (Lipinski definition) is 1. The van der Waals surface area contributed by atoms with Crippen molar-refractivity contribution in [2.45, 2.75) is 25.7 Å². The molecule has 0 aliphatic heterocycles. The molecule has 0 saturated heterocycles. The molecule has 0 unspecified atom stereocenters. The molecule has 0 saturated carbocycles. The van der Waals surface area contributed by atoms with Gasteiger partial charge in [0.2, 0.25) is 0 Å². The zero-order valence-electron chi connectivity index (χ0n) is 15.9. The summed E-state index contributed by atoms with van der Waals surface area (Å²) in [5.74, 6) is 0. The van der Waals surface area contributed by atoms with Gasteiger partial charge >= 0.3 is 0 Å². The Morgan fingerprint density at radius 2 is 1.21 bits per heavy atom. The maximum absolute atomic E-state index is 4.76. The molecule has 0 atom stereocenters. The lowest BCUT2D eigenvalue weighted by Crippen LogP contribution is -2.01. The lowest BCUT2D eigenvalue weighted by Gasteiger charge is -2.17. The fraction of sp³-hybridized carbons (Fsp3) is 0.148. The van der Waals surface area contributed by atoms with Crippen molar-refractivity contribution in [1.29, 1.82) is 0 Å². The topological polar surface area (TPSA) is 12.9 Å². The molecule has 0 N–H and O–H groups in total. The van der Waals surface area contributed by atoms with Crippen molar-refractivity contribution in [2.75, 3.05) is 0 Å². The minimum atomic E-state index is 1.04. The van der Waals surface area contributed by atoms with Crippen LogP contribution in [0.15, 0.2) is 91.1 Å². The van der Waals surface area contributed by atoms with Gasteiger partial charge in [0, 0.05) is 17.3 Å². The van der Waals surface area contributed by atoms with Crippen LogP contribution in [0.4, 0.5) is 0 Å². The third-order valence-electron chi connectivity index (χ3n) is 5.73. The number of hydrogen-bond donors (Lipinski definition) is 0. The highest BCUT2D eigenvalue weighted by Gasteiger charge is 2.14. The van der Waals surface area contributed by atoms with E-state index in [9.17, 15) is 0 Å². The highest BCUT2D eigenvalue weighted by molar-refractivity contribution is 5.82. The lowest BCUT2D eigenvalue weighted by atomic mass is 9.89. The zero-order valence-corrected chi connectivity index (χ0v) is 15.9. The minimum absolute atomic E-state index is 1.04. The normalized spacial score (nSPS) is 13.1. The predicted molar refractivity (Wildman–Crippen MR) is 116 cm³/mol. The van der Waals surface area contributed by atoms with E-state index < -0.39 is 0 Å². The quantitative estimate of drug-likeness (QED) is 0.408. The maximum atomic E-state index is 4.76. The SMILES string of the molecule is c1ccc(-c2ncccc2-c2cc3ccc2CCc2ccc(cc2)CC3)cc1. The summed E-state index contributed by atoms with van der Waals surface area (Å²) in [6.07, 6.45) is 6.14. The fourth-order valence-electron chi connectivity index (χ4n) is 4.14. The van der Waals surface area contributed by atoms with Crippen molar-refractivity contribution in [3.05, 3.63) is 113 Å². The monoisotopic (exact) mass is 361 g/mol. The van der Waals surface area contributed by atoms with Gasteiger partial charge in [0.25, 0.3) is 0 Å². The summed E-state index contributed by atoms with van der Waals surface area (Å²) in [6, 6.07) is 31.0. The molecule has 4 aliphatic carbocycles. The van der Waals surface area contributed by atoms with Gasteiger partial charge in [-0.2, -0.15) is 0 Å². The van der Waals surface area contributed by atoms with E-state index >= 15 is 0 Å². The van der Waals surface area contributed by atoms with Crippen LogP contribution in [-0.2, 0) is 25.7 Å². The first-order valence-electron chi connectivity index (χ1n) is 10.1. The van der Waals surface area contributed by atoms with E-state index in [0.717, 1.165) is 31.4 Å². The summed E-state index contributed by atoms with van der Waals surface area (Å²) >= 11 is 0. The Labute approximate surface area is 166 Å². The minimum Gasteiger partial charge on any atom is -0.256 e. The average molecular weight is 361 g/mol. The van der Waals surface area contributed by atoms with Crippen molar-refractivity contribution in [3.63, 3.8) is 0 Å². The molecule has 0 amide bonds. The largest absolute Gasteiger partial charge is 0.256 e. The van der Waals surface area contributed by atoms with E-state index in [4.69, 9.17) is 4.98 Å². The molecule has 0 spiro atoms. The van der Waals surface area contributed by atoms with Gasteiger partial charge in [-0.3, -0.25) is 4.98 Å². The van der Waals surface area contributed by atoms with Crippen molar-refractivity contribution >= 4 is 0 Å². The van der Waals surface area contributed by atoms with Gasteiger partial charge in [-0.25, -0.2) is 0 Å². The summed E-state index contributed by atoms with van der Waals surface area (Å²) in [4.78, 5) is 4.76. The van der Waals surface area contributed by atoms with Crippen molar-refractivity contribution in [2.24, 2.45) is 0 Å². The highest BCUT2D eigenvalue weighted by Crippen LogP contribution is 2.34. The molecule has 4 aliphatic rings. The number of benzene rings is 3. The Morgan fingerprint density at radius 1 is 0.536 bits per heavy atom. The molecule has 1 aromatic heterocycles. The number of pyridine rings is 1. The first-order chi connectivity index (χ1) is 13.9. The van der Waals surface area contributed by atoms with Crippen LogP contribution in [0.5, 0.6) is 0 Å². The van der Waals surface area contributed by atoms with E-state index in [-0.39, 0.29) is 0 Å². The standard InChI is InChI=1S/C27H23N/c1-2-5-24(6-3-1)27-25(7-4-18-28-27)26-19-22-13-12-20-8-10-21(11-9-20)14-16-23(26)17-15-22/h1-11,15,17-19H,12-14,16H2. The molecule has 4 aromatic rings. The van der Waals surface area contributed by atoms with Gasteiger partial charge in [0.05, 0.1) is 5.69 Å². The Bertz CT molecular complexity index is 1090. The summed E-state index contributed by atoms with van der Waals surface area (Å²) < 4.78 is 0. The van der Waals surface area contributed by atoms with Gasteiger partial charge < -0.3 is 0 Å². The summed E-state index contributed by atoms with van der Waals surface area (Å²) in [6.45, 7) is 0. The molecule has 0 fully saturated rings. The summed E-state index contributed by atoms with van der Waals surface area (Å²) in [5.41, 5.74) is 10.4. The molecule has 1 heteroatoms. The van der Waals surface area contributed by atoms with Gasteiger partial charge in [-0.05, 0) is 59.6 Å². The van der Waals surface area contributed by atoms with Crippen LogP contribution in [0.2, 0.25) is 0 Å². The van der Waals surface area contributed by atoms with E-state index in [1.807, 2.05) is 6.20 Å². The molecule has 3 aromatic carbocycles. The highest BCUT2D eigenvalue weighted by atomic mass is 14.7. The van der Waals surface area contributed by atoms with Crippen LogP contribution in [-0.4, -0.2) is 4.98 Å². The van der Waals surface area contributed by atoms with E-state index in [1.165, 1.54) is 38.9 Å². The number of rotatable bonds is 2. The smallest absolute Gasteiger partial charge is 0.0780 e. The van der Waals surface area contributed by atoms with E-state index in [0.29, 0.717) is 0 Å². The zero-order chi connectivity index (χ0) is 18.8. The number of aryl methyl sites for hydroxylation is 4. The third kappa shape index (κ3) is 3.36. The molecule has 4 bridgehead atoms. The maximum Gasteiger partial charge on any atom is 0.0780 e. The Kier molecular flexibility index (Phi) is 4.50. The van der Waals surface area contributed by atoms with Gasteiger partial charge in [0.15, 0.2) is 0 Å². The third-order valence-corrected chi connectivity index (χ3v) is 5.73. The second kappa shape index (κ2) is 7.44. The van der Waals surface area contributed by atoms with Crippen molar-refractivity contribution < 1.29 is 0 Å². The molecule has 0 radical (unpaired) electrons. The molecular formula is C27H23N. The average Bonchev–Trinajstić information content (AvgIpc) is 2.76. The molecular weight excluding hydrogens is 338 g/mol. The second-order valence-electron chi connectivity index (χ2n) is 7.57. The van der Waals surface area contributed by atoms with E-state index in [1.54, 1.807) is 0 Å². The Morgan fingerprint density at radius 3 is 2.00 bits per heavy atom. The van der Waals surface area contributed by atoms with Crippen LogP contribution < -0.4 is 0 Å². The summed E-state index contributed by atoms with van der Waals surface area (Å²) in [5, 5.41) is 0. The van der Waals surface area contributed by atoms with Crippen LogP contribution in [0.1, 0.15) is 22.3 Å². The lowest BCUT2D eigenvalue weighted by molar-refractivity contribution is 0.923. The first kappa shape index (κ1) is 16.9. The van der Waals surface area contributed by atoms with Crippen LogP contribution >= 0.6 is 0 Å². The number of nitrogens with zero attached hydrogens (tertiary/aromatic N) is 1. The van der Waals surface area contributed by atoms with Crippen LogP contribution in [0.25, 0.3) is 22.4 Å². The summed E-state index contributed by atoms with van der Waals surface area (Å²) in [7, 11) is 0. The Hall–Kier alpha value is -3.19. The van der Waals surface area contributed by atoms with Crippen molar-refractivity contribution in [3.8, 4) is 22.4 Å². The van der Waals surface area contributed by atoms with Crippen LogP contribution in [0.3, 0.4) is 0 Å². The van der Waals surface area contributed by atoms with Crippen molar-refractivity contribution in [1.82, 2.24) is 4.98 Å². The molecule has 1 nitrogen and oxygen atoms in total. The van der Waals surface area contributed by atoms with Gasteiger partial charge in [-0.1, -0.05) is 78.9 Å². The first-order valence-corrected chi connectivity index (χ1v) is 10.1. The van der Waals surface area contributed by atoms with E-state index in [2.05, 4.69) is 84.9 Å². The fourth-order valence-corrected chi connectivity index (χ4v) is 4.14.